The zero-order chi connectivity index (χ0) is 10.3. The first-order valence-electron chi connectivity index (χ1n) is 4.24. The number of halogens is 2. The van der Waals surface area contributed by atoms with Crippen LogP contribution in [0.5, 0.6) is 0 Å². The Morgan fingerprint density at radius 1 is 1.57 bits per heavy atom. The standard InChI is InChI=1S/C10H8BrFOS/c1-5-10(13)9-6(4-14-5)7(11)2-3-8(9)12/h2-3,5H,4H2,1H3. The van der Waals surface area contributed by atoms with Gasteiger partial charge in [-0.2, -0.15) is 0 Å². The number of benzene rings is 1. The van der Waals surface area contributed by atoms with Gasteiger partial charge in [0.2, 0.25) is 0 Å². The Bertz CT molecular complexity index is 405. The monoisotopic (exact) mass is 274 g/mol. The minimum atomic E-state index is -0.402. The van der Waals surface area contributed by atoms with Crippen molar-refractivity contribution in [2.75, 3.05) is 0 Å². The number of carbonyl (C=O) groups is 1. The van der Waals surface area contributed by atoms with Gasteiger partial charge in [-0.25, -0.2) is 4.39 Å². The predicted molar refractivity (Wildman–Crippen MR) is 59.2 cm³/mol. The highest BCUT2D eigenvalue weighted by molar-refractivity contribution is 9.10. The molecule has 1 aliphatic rings. The molecule has 0 radical (unpaired) electrons. The van der Waals surface area contributed by atoms with E-state index in [0.29, 0.717) is 5.75 Å². The lowest BCUT2D eigenvalue weighted by atomic mass is 10.0. The van der Waals surface area contributed by atoms with Crippen molar-refractivity contribution in [2.45, 2.75) is 17.9 Å². The van der Waals surface area contributed by atoms with Crippen LogP contribution in [0.1, 0.15) is 22.8 Å². The summed E-state index contributed by atoms with van der Waals surface area (Å²) in [7, 11) is 0. The second-order valence-electron chi connectivity index (χ2n) is 3.20. The third-order valence-corrected chi connectivity index (χ3v) is 4.21. The number of rotatable bonds is 0. The lowest BCUT2D eigenvalue weighted by molar-refractivity contribution is 0.0987. The fourth-order valence-electron chi connectivity index (χ4n) is 1.49. The van der Waals surface area contributed by atoms with E-state index >= 15 is 0 Å². The molecule has 14 heavy (non-hydrogen) atoms. The second kappa shape index (κ2) is 3.66. The molecule has 74 valence electrons. The van der Waals surface area contributed by atoms with E-state index in [1.807, 2.05) is 6.92 Å². The molecule has 4 heteroatoms. The van der Waals surface area contributed by atoms with E-state index in [1.54, 1.807) is 17.8 Å². The molecule has 0 amide bonds. The van der Waals surface area contributed by atoms with Gasteiger partial charge in [0.25, 0.3) is 0 Å². The van der Waals surface area contributed by atoms with E-state index in [-0.39, 0.29) is 16.6 Å². The molecule has 0 N–H and O–H groups in total. The molecule has 1 heterocycles. The van der Waals surface area contributed by atoms with Crippen molar-refractivity contribution in [1.82, 2.24) is 0 Å². The molecule has 1 aliphatic heterocycles. The summed E-state index contributed by atoms with van der Waals surface area (Å²) in [5.74, 6) is 0.191. The minimum absolute atomic E-state index is 0.102. The summed E-state index contributed by atoms with van der Waals surface area (Å²) in [6, 6.07) is 2.99. The molecular weight excluding hydrogens is 267 g/mol. The first-order valence-corrected chi connectivity index (χ1v) is 6.08. The first-order chi connectivity index (χ1) is 6.61. The normalized spacial score (nSPS) is 20.8. The molecule has 2 rings (SSSR count). The lowest BCUT2D eigenvalue weighted by Crippen LogP contribution is -2.22. The molecule has 1 atom stereocenters. The molecule has 0 aliphatic carbocycles. The Hall–Kier alpha value is -0.350. The summed E-state index contributed by atoms with van der Waals surface area (Å²) in [4.78, 5) is 11.7. The number of thioether (sulfide) groups is 1. The van der Waals surface area contributed by atoms with Gasteiger partial charge in [0.05, 0.1) is 10.8 Å². The zero-order valence-electron chi connectivity index (χ0n) is 7.51. The molecule has 0 fully saturated rings. The van der Waals surface area contributed by atoms with E-state index in [4.69, 9.17) is 0 Å². The van der Waals surface area contributed by atoms with E-state index < -0.39 is 5.82 Å². The van der Waals surface area contributed by atoms with Crippen LogP contribution in [0.4, 0.5) is 4.39 Å². The van der Waals surface area contributed by atoms with Crippen molar-refractivity contribution in [1.29, 1.82) is 0 Å². The second-order valence-corrected chi connectivity index (χ2v) is 5.38. The van der Waals surface area contributed by atoms with Crippen molar-refractivity contribution in [2.24, 2.45) is 0 Å². The molecule has 1 nitrogen and oxygen atoms in total. The summed E-state index contributed by atoms with van der Waals surface area (Å²) in [6.45, 7) is 1.82. The Morgan fingerprint density at radius 2 is 2.29 bits per heavy atom. The third kappa shape index (κ3) is 1.50. The highest BCUT2D eigenvalue weighted by Gasteiger charge is 2.28. The van der Waals surface area contributed by atoms with Crippen LogP contribution in [0.2, 0.25) is 0 Å². The topological polar surface area (TPSA) is 17.1 Å². The summed E-state index contributed by atoms with van der Waals surface area (Å²) in [6.07, 6.45) is 0. The van der Waals surface area contributed by atoms with Crippen molar-refractivity contribution in [3.05, 3.63) is 33.5 Å². The lowest BCUT2D eigenvalue weighted by Gasteiger charge is -2.21. The number of hydrogen-bond acceptors (Lipinski definition) is 2. The molecule has 0 saturated carbocycles. The van der Waals surface area contributed by atoms with E-state index in [9.17, 15) is 9.18 Å². The summed E-state index contributed by atoms with van der Waals surface area (Å²) in [5.41, 5.74) is 1.06. The van der Waals surface area contributed by atoms with Crippen LogP contribution in [-0.4, -0.2) is 11.0 Å². The number of hydrogen-bond donors (Lipinski definition) is 0. The Labute approximate surface area is 94.2 Å². The summed E-state index contributed by atoms with van der Waals surface area (Å²) < 4.78 is 14.2. The average molecular weight is 275 g/mol. The third-order valence-electron chi connectivity index (χ3n) is 2.30. The SMILES string of the molecule is CC1SCc2c(Br)ccc(F)c2C1=O. The van der Waals surface area contributed by atoms with Crippen molar-refractivity contribution in [3.8, 4) is 0 Å². The van der Waals surface area contributed by atoms with Gasteiger partial charge < -0.3 is 0 Å². The van der Waals surface area contributed by atoms with Crippen LogP contribution in [0.3, 0.4) is 0 Å². The average Bonchev–Trinajstić information content (AvgIpc) is 2.16. The molecule has 1 aromatic rings. The Balaban J connectivity index is 2.64. The van der Waals surface area contributed by atoms with Gasteiger partial charge in [0.1, 0.15) is 5.82 Å². The number of fused-ring (bicyclic) bond motifs is 1. The van der Waals surface area contributed by atoms with Crippen molar-refractivity contribution >= 4 is 33.5 Å². The number of ketones is 1. The maximum Gasteiger partial charge on any atom is 0.178 e. The molecule has 0 spiro atoms. The molecule has 0 saturated heterocycles. The van der Waals surface area contributed by atoms with Gasteiger partial charge in [-0.3, -0.25) is 4.79 Å². The highest BCUT2D eigenvalue weighted by atomic mass is 79.9. The van der Waals surface area contributed by atoms with Crippen LogP contribution in [0.15, 0.2) is 16.6 Å². The molecule has 1 aromatic carbocycles. The van der Waals surface area contributed by atoms with Gasteiger partial charge in [-0.05, 0) is 24.6 Å². The fraction of sp³-hybridized carbons (Fsp3) is 0.300. The predicted octanol–water partition coefficient (Wildman–Crippen LogP) is 3.41. The maximum atomic E-state index is 13.4. The van der Waals surface area contributed by atoms with E-state index in [0.717, 1.165) is 10.0 Å². The van der Waals surface area contributed by atoms with Crippen molar-refractivity contribution < 1.29 is 9.18 Å². The van der Waals surface area contributed by atoms with E-state index in [2.05, 4.69) is 15.9 Å². The van der Waals surface area contributed by atoms with E-state index in [1.165, 1.54) is 6.07 Å². The van der Waals surface area contributed by atoms with Crippen LogP contribution in [-0.2, 0) is 5.75 Å². The quantitative estimate of drug-likeness (QED) is 0.721. The Morgan fingerprint density at radius 3 is 3.00 bits per heavy atom. The highest BCUT2D eigenvalue weighted by Crippen LogP contribution is 2.35. The first kappa shape index (κ1) is 10.2. The summed E-state index contributed by atoms with van der Waals surface area (Å²) >= 11 is 4.88. The molecule has 0 bridgehead atoms. The van der Waals surface area contributed by atoms with Crippen LogP contribution in [0.25, 0.3) is 0 Å². The molecular formula is C10H8BrFOS. The van der Waals surface area contributed by atoms with Gasteiger partial charge in [-0.15, -0.1) is 11.8 Å². The van der Waals surface area contributed by atoms with Gasteiger partial charge in [-0.1, -0.05) is 15.9 Å². The van der Waals surface area contributed by atoms with Crippen LogP contribution < -0.4 is 0 Å². The Kier molecular flexibility index (Phi) is 2.66. The van der Waals surface area contributed by atoms with Crippen LogP contribution >= 0.6 is 27.7 Å². The van der Waals surface area contributed by atoms with Crippen LogP contribution in [0, 0.1) is 5.82 Å². The van der Waals surface area contributed by atoms with Gasteiger partial charge in [0.15, 0.2) is 5.78 Å². The van der Waals surface area contributed by atoms with Gasteiger partial charge >= 0.3 is 0 Å². The van der Waals surface area contributed by atoms with Gasteiger partial charge in [0, 0.05) is 10.2 Å². The molecule has 1 unspecified atom stereocenters. The largest absolute Gasteiger partial charge is 0.293 e. The number of carbonyl (C=O) groups excluding carboxylic acids is 1. The summed E-state index contributed by atoms with van der Waals surface area (Å²) in [5, 5.41) is -0.133. The zero-order valence-corrected chi connectivity index (χ0v) is 9.91. The smallest absolute Gasteiger partial charge is 0.178 e. The number of Topliss-reactive ketones (excluding diaryl/α,β-unsaturated/α-hetero) is 1. The van der Waals surface area contributed by atoms with Crippen molar-refractivity contribution in [3.63, 3.8) is 0 Å². The maximum absolute atomic E-state index is 13.4. The molecule has 0 aromatic heterocycles. The minimum Gasteiger partial charge on any atom is -0.293 e. The fourth-order valence-corrected chi connectivity index (χ4v) is 3.13.